The molecule has 2 rings (SSSR count). The van der Waals surface area contributed by atoms with Crippen molar-refractivity contribution in [3.8, 4) is 0 Å². The van der Waals surface area contributed by atoms with E-state index in [1.54, 1.807) is 4.52 Å². The van der Waals surface area contributed by atoms with Gasteiger partial charge in [0.2, 0.25) is 0 Å². The molecule has 5 nitrogen and oxygen atoms in total. The molecule has 0 amide bonds. The molecule has 2 heterocycles. The third-order valence-corrected chi connectivity index (χ3v) is 1.83. The van der Waals surface area contributed by atoms with E-state index < -0.39 is 0 Å². The smallest absolute Gasteiger partial charge is 0.152 e. The molecular formula is C8H11N5. The van der Waals surface area contributed by atoms with E-state index in [2.05, 4.69) is 10.1 Å². The van der Waals surface area contributed by atoms with Crippen molar-refractivity contribution < 1.29 is 0 Å². The number of hydrogen-bond acceptors (Lipinski definition) is 4. The van der Waals surface area contributed by atoms with Crippen molar-refractivity contribution in [3.05, 3.63) is 24.2 Å². The molecule has 5 heteroatoms. The molecule has 0 saturated heterocycles. The van der Waals surface area contributed by atoms with E-state index in [4.69, 9.17) is 11.5 Å². The molecule has 0 aliphatic heterocycles. The summed E-state index contributed by atoms with van der Waals surface area (Å²) in [6.45, 7) is 0.534. The lowest BCUT2D eigenvalue weighted by Crippen LogP contribution is -2.10. The summed E-state index contributed by atoms with van der Waals surface area (Å²) in [6.07, 6.45) is 2.49. The van der Waals surface area contributed by atoms with Gasteiger partial charge in [-0.3, -0.25) is 0 Å². The van der Waals surface area contributed by atoms with E-state index in [1.165, 1.54) is 0 Å². The Balaban J connectivity index is 2.56. The Morgan fingerprint density at radius 2 is 2.31 bits per heavy atom. The first kappa shape index (κ1) is 8.00. The molecule has 2 aromatic rings. The van der Waals surface area contributed by atoms with Gasteiger partial charge in [-0.15, -0.1) is 0 Å². The summed E-state index contributed by atoms with van der Waals surface area (Å²) in [5, 5.41) is 4.23. The van der Waals surface area contributed by atoms with Gasteiger partial charge in [0, 0.05) is 12.6 Å². The van der Waals surface area contributed by atoms with Gasteiger partial charge in [-0.1, -0.05) is 0 Å². The van der Waals surface area contributed by atoms with E-state index in [9.17, 15) is 0 Å². The fourth-order valence-electron chi connectivity index (χ4n) is 1.24. The van der Waals surface area contributed by atoms with E-state index in [0.29, 0.717) is 24.6 Å². The van der Waals surface area contributed by atoms with Crippen molar-refractivity contribution in [2.24, 2.45) is 5.73 Å². The van der Waals surface area contributed by atoms with Crippen LogP contribution in [-0.2, 0) is 6.42 Å². The molecule has 0 atom stereocenters. The molecule has 0 fully saturated rings. The average Bonchev–Trinajstić information content (AvgIpc) is 2.53. The maximum atomic E-state index is 5.72. The van der Waals surface area contributed by atoms with Gasteiger partial charge in [0.25, 0.3) is 0 Å². The Morgan fingerprint density at radius 1 is 1.46 bits per heavy atom. The maximum absolute atomic E-state index is 5.72. The second-order valence-electron chi connectivity index (χ2n) is 2.79. The first-order valence-corrected chi connectivity index (χ1v) is 4.11. The lowest BCUT2D eigenvalue weighted by molar-refractivity contribution is 0.788. The highest BCUT2D eigenvalue weighted by Crippen LogP contribution is 2.09. The molecule has 0 bridgehead atoms. The standard InChI is InChI=1S/C8H11N5/c9-4-3-7-11-8(10)6-2-1-5-13(6)12-7/h1-2,5H,3-4,9H2,(H2,10,11,12). The number of rotatable bonds is 2. The van der Waals surface area contributed by atoms with E-state index in [0.717, 1.165) is 5.52 Å². The van der Waals surface area contributed by atoms with Gasteiger partial charge < -0.3 is 11.5 Å². The SMILES string of the molecule is NCCc1nc(N)c2cccn2n1. The van der Waals surface area contributed by atoms with Crippen LogP contribution in [0.3, 0.4) is 0 Å². The number of nitrogen functional groups attached to an aromatic ring is 1. The number of anilines is 1. The molecule has 0 unspecified atom stereocenters. The van der Waals surface area contributed by atoms with Crippen LogP contribution >= 0.6 is 0 Å². The third kappa shape index (κ3) is 1.33. The van der Waals surface area contributed by atoms with Gasteiger partial charge in [-0.2, -0.15) is 5.10 Å². The Bertz CT molecular complexity index is 419. The lowest BCUT2D eigenvalue weighted by atomic mass is 10.4. The van der Waals surface area contributed by atoms with Gasteiger partial charge in [-0.05, 0) is 18.7 Å². The summed E-state index contributed by atoms with van der Waals surface area (Å²) in [4.78, 5) is 4.13. The van der Waals surface area contributed by atoms with Gasteiger partial charge in [0.05, 0.1) is 0 Å². The summed E-state index contributed by atoms with van der Waals surface area (Å²) >= 11 is 0. The molecule has 0 aliphatic rings. The van der Waals surface area contributed by atoms with Gasteiger partial charge >= 0.3 is 0 Å². The second-order valence-corrected chi connectivity index (χ2v) is 2.79. The highest BCUT2D eigenvalue weighted by molar-refractivity contribution is 5.64. The van der Waals surface area contributed by atoms with Gasteiger partial charge in [0.1, 0.15) is 5.52 Å². The Morgan fingerprint density at radius 3 is 3.08 bits per heavy atom. The van der Waals surface area contributed by atoms with Crippen LogP contribution in [0.2, 0.25) is 0 Å². The second kappa shape index (κ2) is 3.02. The highest BCUT2D eigenvalue weighted by Gasteiger charge is 2.02. The quantitative estimate of drug-likeness (QED) is 0.666. The van der Waals surface area contributed by atoms with Crippen molar-refractivity contribution in [2.45, 2.75) is 6.42 Å². The number of nitrogens with two attached hydrogens (primary N) is 2. The van der Waals surface area contributed by atoms with Crippen LogP contribution in [0, 0.1) is 0 Å². The molecule has 0 spiro atoms. The molecule has 68 valence electrons. The molecule has 4 N–H and O–H groups in total. The van der Waals surface area contributed by atoms with Crippen LogP contribution in [0.4, 0.5) is 5.82 Å². The van der Waals surface area contributed by atoms with Crippen LogP contribution in [-0.4, -0.2) is 21.1 Å². The number of hydrogen-bond donors (Lipinski definition) is 2. The Hall–Kier alpha value is -1.62. The third-order valence-electron chi connectivity index (χ3n) is 1.83. The Labute approximate surface area is 75.4 Å². The Kier molecular flexibility index (Phi) is 1.86. The van der Waals surface area contributed by atoms with Crippen LogP contribution in [0.25, 0.3) is 5.52 Å². The fourth-order valence-corrected chi connectivity index (χ4v) is 1.24. The first-order valence-electron chi connectivity index (χ1n) is 4.11. The minimum Gasteiger partial charge on any atom is -0.382 e. The summed E-state index contributed by atoms with van der Waals surface area (Å²) in [7, 11) is 0. The minimum atomic E-state index is 0.503. The molecule has 0 aromatic carbocycles. The maximum Gasteiger partial charge on any atom is 0.152 e. The van der Waals surface area contributed by atoms with E-state index in [1.807, 2.05) is 18.3 Å². The molecule has 0 radical (unpaired) electrons. The number of nitrogens with zero attached hydrogens (tertiary/aromatic N) is 3. The molecule has 2 aromatic heterocycles. The summed E-state index contributed by atoms with van der Waals surface area (Å²) in [5.41, 5.74) is 12.0. The first-order chi connectivity index (χ1) is 6.31. The summed E-state index contributed by atoms with van der Waals surface area (Å²) in [6, 6.07) is 3.76. The number of aromatic nitrogens is 3. The molecule has 13 heavy (non-hydrogen) atoms. The van der Waals surface area contributed by atoms with E-state index in [-0.39, 0.29) is 0 Å². The average molecular weight is 177 g/mol. The van der Waals surface area contributed by atoms with Crippen molar-refractivity contribution >= 4 is 11.3 Å². The molecule has 0 saturated carbocycles. The highest BCUT2D eigenvalue weighted by atomic mass is 15.3. The van der Waals surface area contributed by atoms with Crippen LogP contribution in [0.5, 0.6) is 0 Å². The molecular weight excluding hydrogens is 166 g/mol. The van der Waals surface area contributed by atoms with Gasteiger partial charge in [-0.25, -0.2) is 9.50 Å². The minimum absolute atomic E-state index is 0.503. The van der Waals surface area contributed by atoms with Crippen molar-refractivity contribution in [3.63, 3.8) is 0 Å². The zero-order valence-corrected chi connectivity index (χ0v) is 7.14. The monoisotopic (exact) mass is 177 g/mol. The zero-order chi connectivity index (χ0) is 9.26. The zero-order valence-electron chi connectivity index (χ0n) is 7.14. The normalized spacial score (nSPS) is 10.8. The molecule has 0 aliphatic carbocycles. The summed E-state index contributed by atoms with van der Waals surface area (Å²) in [5.74, 6) is 1.19. The van der Waals surface area contributed by atoms with Crippen LogP contribution in [0.15, 0.2) is 18.3 Å². The van der Waals surface area contributed by atoms with Crippen LogP contribution in [0.1, 0.15) is 5.82 Å². The van der Waals surface area contributed by atoms with Crippen molar-refractivity contribution in [2.75, 3.05) is 12.3 Å². The van der Waals surface area contributed by atoms with E-state index >= 15 is 0 Å². The van der Waals surface area contributed by atoms with Crippen molar-refractivity contribution in [1.82, 2.24) is 14.6 Å². The number of fused-ring (bicyclic) bond motifs is 1. The van der Waals surface area contributed by atoms with Crippen LogP contribution < -0.4 is 11.5 Å². The lowest BCUT2D eigenvalue weighted by Gasteiger charge is -2.01. The fraction of sp³-hybridized carbons (Fsp3) is 0.250. The largest absolute Gasteiger partial charge is 0.382 e. The predicted octanol–water partition coefficient (Wildman–Crippen LogP) is -0.187. The predicted molar refractivity (Wildman–Crippen MR) is 50.2 cm³/mol. The topological polar surface area (TPSA) is 82.2 Å². The van der Waals surface area contributed by atoms with Crippen molar-refractivity contribution in [1.29, 1.82) is 0 Å². The summed E-state index contributed by atoms with van der Waals surface area (Å²) < 4.78 is 1.72. The van der Waals surface area contributed by atoms with Gasteiger partial charge in [0.15, 0.2) is 11.6 Å².